The number of unbranched alkanes of at least 4 members (excludes halogenated alkanes) is 3. The summed E-state index contributed by atoms with van der Waals surface area (Å²) in [5.41, 5.74) is 2.41. The number of nitrogens with one attached hydrogen (secondary N) is 2. The average molecular weight is 359 g/mol. The maximum atomic E-state index is 11.8. The highest BCUT2D eigenvalue weighted by atomic mass is 32.1. The van der Waals surface area contributed by atoms with Crippen molar-refractivity contribution in [3.05, 3.63) is 40.9 Å². The molecule has 0 atom stereocenters. The van der Waals surface area contributed by atoms with E-state index in [9.17, 15) is 9.59 Å². The third kappa shape index (κ3) is 6.66. The van der Waals surface area contributed by atoms with Gasteiger partial charge in [-0.25, -0.2) is 4.98 Å². The summed E-state index contributed by atoms with van der Waals surface area (Å²) in [4.78, 5) is 27.5. The highest BCUT2D eigenvalue weighted by Gasteiger charge is 2.06. The van der Waals surface area contributed by atoms with Crippen molar-refractivity contribution in [1.29, 1.82) is 0 Å². The van der Waals surface area contributed by atoms with E-state index in [-0.39, 0.29) is 11.7 Å². The molecule has 0 aliphatic heterocycles. The minimum absolute atomic E-state index is 0.0496. The number of benzene rings is 1. The van der Waals surface area contributed by atoms with Crippen LogP contribution >= 0.6 is 11.3 Å². The lowest BCUT2D eigenvalue weighted by Crippen LogP contribution is -2.22. The van der Waals surface area contributed by atoms with Crippen molar-refractivity contribution in [3.8, 4) is 0 Å². The number of Topliss-reactive ketones (excluding diaryl/α,β-unsaturated/α-hetero) is 1. The SMILES string of the molecule is CCCCCCC(=O)NCc1csc(Nc2ccc(C(C)=O)cc2)n1. The van der Waals surface area contributed by atoms with Gasteiger partial charge in [-0.05, 0) is 37.6 Å². The van der Waals surface area contributed by atoms with Crippen LogP contribution in [0.15, 0.2) is 29.6 Å². The molecule has 0 aliphatic rings. The molecule has 0 saturated carbocycles. The number of carbonyl (C=O) groups excluding carboxylic acids is 2. The van der Waals surface area contributed by atoms with Crippen molar-refractivity contribution < 1.29 is 9.59 Å². The molecule has 0 radical (unpaired) electrons. The minimum Gasteiger partial charge on any atom is -0.350 e. The molecule has 0 fully saturated rings. The molecule has 134 valence electrons. The van der Waals surface area contributed by atoms with Crippen LogP contribution in [0.3, 0.4) is 0 Å². The van der Waals surface area contributed by atoms with E-state index in [1.165, 1.54) is 24.2 Å². The van der Waals surface area contributed by atoms with Crippen molar-refractivity contribution >= 4 is 33.8 Å². The first-order valence-corrected chi connectivity index (χ1v) is 9.55. The van der Waals surface area contributed by atoms with Crippen molar-refractivity contribution in [2.75, 3.05) is 5.32 Å². The number of carbonyl (C=O) groups is 2. The summed E-state index contributed by atoms with van der Waals surface area (Å²) in [6, 6.07) is 7.29. The fourth-order valence-corrected chi connectivity index (χ4v) is 3.08. The monoisotopic (exact) mass is 359 g/mol. The number of anilines is 2. The van der Waals surface area contributed by atoms with E-state index in [1.54, 1.807) is 19.1 Å². The topological polar surface area (TPSA) is 71.1 Å². The van der Waals surface area contributed by atoms with Gasteiger partial charge in [0, 0.05) is 23.1 Å². The summed E-state index contributed by atoms with van der Waals surface area (Å²) in [6.45, 7) is 4.16. The highest BCUT2D eigenvalue weighted by Crippen LogP contribution is 2.21. The smallest absolute Gasteiger partial charge is 0.220 e. The molecule has 2 rings (SSSR count). The normalized spacial score (nSPS) is 10.5. The number of aromatic nitrogens is 1. The van der Waals surface area contributed by atoms with Gasteiger partial charge < -0.3 is 10.6 Å². The minimum atomic E-state index is 0.0496. The lowest BCUT2D eigenvalue weighted by Gasteiger charge is -2.04. The van der Waals surface area contributed by atoms with Crippen LogP contribution in [0.25, 0.3) is 0 Å². The second kappa shape index (κ2) is 9.93. The zero-order valence-corrected chi connectivity index (χ0v) is 15.6. The molecule has 0 spiro atoms. The molecule has 1 heterocycles. The van der Waals surface area contributed by atoms with Gasteiger partial charge in [-0.3, -0.25) is 9.59 Å². The fourth-order valence-electron chi connectivity index (χ4n) is 2.35. The lowest BCUT2D eigenvalue weighted by molar-refractivity contribution is -0.121. The van der Waals surface area contributed by atoms with Crippen molar-refractivity contribution in [2.45, 2.75) is 52.5 Å². The summed E-state index contributed by atoms with van der Waals surface area (Å²) in [6.07, 6.45) is 4.99. The predicted molar refractivity (Wildman–Crippen MR) is 102 cm³/mol. The Kier molecular flexibility index (Phi) is 7.60. The van der Waals surface area contributed by atoms with Gasteiger partial charge in [0.1, 0.15) is 0 Å². The third-order valence-corrected chi connectivity index (χ3v) is 4.63. The molecule has 0 bridgehead atoms. The van der Waals surface area contributed by atoms with Gasteiger partial charge in [-0.15, -0.1) is 11.3 Å². The first-order valence-electron chi connectivity index (χ1n) is 8.67. The molecule has 0 saturated heterocycles. The van der Waals surface area contributed by atoms with E-state index < -0.39 is 0 Å². The zero-order chi connectivity index (χ0) is 18.1. The van der Waals surface area contributed by atoms with E-state index in [2.05, 4.69) is 22.5 Å². The molecule has 0 aliphatic carbocycles. The van der Waals surface area contributed by atoms with Gasteiger partial charge in [0.2, 0.25) is 5.91 Å². The Morgan fingerprint density at radius 1 is 1.12 bits per heavy atom. The van der Waals surface area contributed by atoms with Crippen LogP contribution in [0, 0.1) is 0 Å². The van der Waals surface area contributed by atoms with Gasteiger partial charge in [-0.1, -0.05) is 26.2 Å². The van der Waals surface area contributed by atoms with Crippen molar-refractivity contribution in [2.24, 2.45) is 0 Å². The third-order valence-electron chi connectivity index (χ3n) is 3.82. The summed E-state index contributed by atoms with van der Waals surface area (Å²) in [5.74, 6) is 0.131. The summed E-state index contributed by atoms with van der Waals surface area (Å²) >= 11 is 1.49. The number of ketones is 1. The number of rotatable bonds is 10. The Balaban J connectivity index is 1.77. The van der Waals surface area contributed by atoms with Crippen LogP contribution in [0.1, 0.15) is 62.0 Å². The van der Waals surface area contributed by atoms with E-state index in [4.69, 9.17) is 0 Å². The maximum Gasteiger partial charge on any atom is 0.220 e. The summed E-state index contributed by atoms with van der Waals surface area (Å²) < 4.78 is 0. The molecule has 1 aromatic carbocycles. The molecule has 2 aromatic rings. The number of nitrogens with zero attached hydrogens (tertiary/aromatic N) is 1. The molecule has 1 amide bonds. The van der Waals surface area contributed by atoms with Crippen LogP contribution in [0.4, 0.5) is 10.8 Å². The Labute approximate surface area is 152 Å². The Morgan fingerprint density at radius 3 is 2.56 bits per heavy atom. The second-order valence-electron chi connectivity index (χ2n) is 5.99. The Hall–Kier alpha value is -2.21. The number of hydrogen-bond donors (Lipinski definition) is 2. The average Bonchev–Trinajstić information content (AvgIpc) is 3.05. The van der Waals surface area contributed by atoms with Gasteiger partial charge >= 0.3 is 0 Å². The lowest BCUT2D eigenvalue weighted by atomic mass is 10.1. The molecule has 1 aromatic heterocycles. The largest absolute Gasteiger partial charge is 0.350 e. The number of thiazole rings is 1. The highest BCUT2D eigenvalue weighted by molar-refractivity contribution is 7.13. The van der Waals surface area contributed by atoms with E-state index in [1.807, 2.05) is 17.5 Å². The van der Waals surface area contributed by atoms with Gasteiger partial charge in [-0.2, -0.15) is 0 Å². The van der Waals surface area contributed by atoms with Crippen LogP contribution in [0.5, 0.6) is 0 Å². The van der Waals surface area contributed by atoms with Crippen molar-refractivity contribution in [3.63, 3.8) is 0 Å². The molecular formula is C19H25N3O2S. The second-order valence-corrected chi connectivity index (χ2v) is 6.85. The van der Waals surface area contributed by atoms with Gasteiger partial charge in [0.05, 0.1) is 12.2 Å². The van der Waals surface area contributed by atoms with Crippen LogP contribution in [-0.2, 0) is 11.3 Å². The van der Waals surface area contributed by atoms with Crippen LogP contribution in [0.2, 0.25) is 0 Å². The summed E-state index contributed by atoms with van der Waals surface area (Å²) in [5, 5.41) is 8.82. The summed E-state index contributed by atoms with van der Waals surface area (Å²) in [7, 11) is 0. The van der Waals surface area contributed by atoms with Crippen LogP contribution in [-0.4, -0.2) is 16.7 Å². The van der Waals surface area contributed by atoms with E-state index >= 15 is 0 Å². The Morgan fingerprint density at radius 2 is 1.88 bits per heavy atom. The van der Waals surface area contributed by atoms with E-state index in [0.717, 1.165) is 29.4 Å². The molecule has 0 unspecified atom stereocenters. The van der Waals surface area contributed by atoms with Gasteiger partial charge in [0.15, 0.2) is 10.9 Å². The molecule has 5 nitrogen and oxygen atoms in total. The Bertz CT molecular complexity index is 695. The molecule has 2 N–H and O–H groups in total. The fraction of sp³-hybridized carbons (Fsp3) is 0.421. The zero-order valence-electron chi connectivity index (χ0n) is 14.8. The molecule has 25 heavy (non-hydrogen) atoms. The van der Waals surface area contributed by atoms with E-state index in [0.29, 0.717) is 18.5 Å². The van der Waals surface area contributed by atoms with Gasteiger partial charge in [0.25, 0.3) is 0 Å². The maximum absolute atomic E-state index is 11.8. The first-order chi connectivity index (χ1) is 12.1. The molecular weight excluding hydrogens is 334 g/mol. The standard InChI is InChI=1S/C19H25N3O2S/c1-3-4-5-6-7-18(24)20-12-17-13-25-19(22-17)21-16-10-8-15(9-11-16)14(2)23/h8-11,13H,3-7,12H2,1-2H3,(H,20,24)(H,21,22). The predicted octanol–water partition coefficient (Wildman–Crippen LogP) is 4.68. The molecule has 6 heteroatoms. The quantitative estimate of drug-likeness (QED) is 0.477. The number of amides is 1. The van der Waals surface area contributed by atoms with Crippen LogP contribution < -0.4 is 10.6 Å². The van der Waals surface area contributed by atoms with Crippen molar-refractivity contribution in [1.82, 2.24) is 10.3 Å². The first kappa shape index (κ1) is 19.1. The number of hydrogen-bond acceptors (Lipinski definition) is 5.